The lowest BCUT2D eigenvalue weighted by Crippen LogP contribution is -2.56. The highest BCUT2D eigenvalue weighted by molar-refractivity contribution is 6.42. The van der Waals surface area contributed by atoms with Gasteiger partial charge in [-0.25, -0.2) is 0 Å². The molecule has 0 spiro atoms. The van der Waals surface area contributed by atoms with Crippen LogP contribution in [0.2, 0.25) is 0 Å². The SMILES string of the molecule is C=CC[C@H]1C[C@@](C)(c2cccc(OCc3ccccc3)c2)[C@@H](C)CN1C(=O)C(=O)c1ccccc1. The Labute approximate surface area is 208 Å². The van der Waals surface area contributed by atoms with Crippen LogP contribution in [0.1, 0.15) is 48.2 Å². The Morgan fingerprint density at radius 1 is 1.03 bits per heavy atom. The predicted octanol–water partition coefficient (Wildman–Crippen LogP) is 6.22. The number of piperidine rings is 1. The van der Waals surface area contributed by atoms with Gasteiger partial charge in [-0.3, -0.25) is 9.59 Å². The summed E-state index contributed by atoms with van der Waals surface area (Å²) in [6.07, 6.45) is 3.23. The van der Waals surface area contributed by atoms with E-state index in [4.69, 9.17) is 4.74 Å². The summed E-state index contributed by atoms with van der Waals surface area (Å²) in [5.74, 6) is 0.0990. The summed E-state index contributed by atoms with van der Waals surface area (Å²) in [5, 5.41) is 0. The van der Waals surface area contributed by atoms with E-state index >= 15 is 0 Å². The fraction of sp³-hybridized carbons (Fsp3) is 0.290. The monoisotopic (exact) mass is 467 g/mol. The fourth-order valence-corrected chi connectivity index (χ4v) is 5.03. The van der Waals surface area contributed by atoms with Crippen LogP contribution in [0.3, 0.4) is 0 Å². The minimum atomic E-state index is -0.452. The molecular formula is C31H33NO3. The number of rotatable bonds is 8. The van der Waals surface area contributed by atoms with Gasteiger partial charge in [0.15, 0.2) is 0 Å². The lowest BCUT2D eigenvalue weighted by molar-refractivity contribution is -0.132. The largest absolute Gasteiger partial charge is 0.489 e. The molecule has 1 heterocycles. The molecular weight excluding hydrogens is 434 g/mol. The van der Waals surface area contributed by atoms with E-state index in [9.17, 15) is 9.59 Å². The maximum Gasteiger partial charge on any atom is 0.295 e. The van der Waals surface area contributed by atoms with Gasteiger partial charge in [0.2, 0.25) is 5.78 Å². The van der Waals surface area contributed by atoms with Crippen LogP contribution in [0, 0.1) is 5.92 Å². The summed E-state index contributed by atoms with van der Waals surface area (Å²) in [6, 6.07) is 27.1. The fourth-order valence-electron chi connectivity index (χ4n) is 5.03. The number of carbonyl (C=O) groups is 2. The Morgan fingerprint density at radius 3 is 2.40 bits per heavy atom. The first kappa shape index (κ1) is 24.5. The van der Waals surface area contributed by atoms with E-state index in [1.807, 2.05) is 42.5 Å². The number of ether oxygens (including phenoxy) is 1. The molecule has 0 aromatic heterocycles. The quantitative estimate of drug-likeness (QED) is 0.224. The second kappa shape index (κ2) is 10.7. The van der Waals surface area contributed by atoms with Crippen LogP contribution in [0.5, 0.6) is 5.75 Å². The van der Waals surface area contributed by atoms with Crippen LogP contribution >= 0.6 is 0 Å². The van der Waals surface area contributed by atoms with Crippen molar-refractivity contribution in [1.29, 1.82) is 0 Å². The summed E-state index contributed by atoms with van der Waals surface area (Å²) >= 11 is 0. The van der Waals surface area contributed by atoms with Crippen LogP contribution in [-0.2, 0) is 16.8 Å². The lowest BCUT2D eigenvalue weighted by Gasteiger charge is -2.49. The number of ketones is 1. The van der Waals surface area contributed by atoms with Gasteiger partial charge >= 0.3 is 0 Å². The number of carbonyl (C=O) groups excluding carboxylic acids is 2. The summed E-state index contributed by atoms with van der Waals surface area (Å²) in [6.45, 7) is 9.36. The first-order chi connectivity index (χ1) is 16.9. The zero-order chi connectivity index (χ0) is 24.8. The number of hydrogen-bond donors (Lipinski definition) is 0. The van der Waals surface area contributed by atoms with Gasteiger partial charge in [-0.05, 0) is 47.4 Å². The number of Topliss-reactive ketones (excluding diaryl/α,β-unsaturated/α-hetero) is 1. The molecule has 0 unspecified atom stereocenters. The molecule has 1 saturated heterocycles. The third kappa shape index (κ3) is 5.37. The molecule has 1 aliphatic heterocycles. The van der Waals surface area contributed by atoms with E-state index in [0.29, 0.717) is 25.1 Å². The molecule has 1 fully saturated rings. The van der Waals surface area contributed by atoms with Gasteiger partial charge in [0, 0.05) is 18.2 Å². The van der Waals surface area contributed by atoms with Crippen molar-refractivity contribution in [3.05, 3.63) is 114 Å². The summed E-state index contributed by atoms with van der Waals surface area (Å²) in [7, 11) is 0. The maximum absolute atomic E-state index is 13.3. The molecule has 0 aliphatic carbocycles. The first-order valence-corrected chi connectivity index (χ1v) is 12.2. The number of amides is 1. The maximum atomic E-state index is 13.3. The zero-order valence-electron chi connectivity index (χ0n) is 20.5. The molecule has 3 atom stereocenters. The molecule has 35 heavy (non-hydrogen) atoms. The average molecular weight is 468 g/mol. The van der Waals surface area contributed by atoms with Crippen LogP contribution < -0.4 is 4.74 Å². The normalized spacial score (nSPS) is 21.8. The van der Waals surface area contributed by atoms with Crippen molar-refractivity contribution in [3.8, 4) is 5.75 Å². The Hall–Kier alpha value is -3.66. The summed E-state index contributed by atoms with van der Waals surface area (Å²) < 4.78 is 6.09. The van der Waals surface area contributed by atoms with E-state index in [-0.39, 0.29) is 17.4 Å². The van der Waals surface area contributed by atoms with Crippen LogP contribution in [-0.4, -0.2) is 29.2 Å². The van der Waals surface area contributed by atoms with Gasteiger partial charge in [-0.15, -0.1) is 6.58 Å². The number of benzene rings is 3. The van der Waals surface area contributed by atoms with Gasteiger partial charge in [0.05, 0.1) is 0 Å². The van der Waals surface area contributed by atoms with E-state index < -0.39 is 11.7 Å². The minimum Gasteiger partial charge on any atom is -0.489 e. The van der Waals surface area contributed by atoms with Crippen molar-refractivity contribution < 1.29 is 14.3 Å². The molecule has 180 valence electrons. The third-order valence-electron chi connectivity index (χ3n) is 7.33. The summed E-state index contributed by atoms with van der Waals surface area (Å²) in [4.78, 5) is 28.0. The molecule has 0 bridgehead atoms. The molecule has 0 N–H and O–H groups in total. The van der Waals surface area contributed by atoms with E-state index in [2.05, 4.69) is 44.7 Å². The topological polar surface area (TPSA) is 46.6 Å². The molecule has 0 radical (unpaired) electrons. The second-order valence-electron chi connectivity index (χ2n) is 9.66. The molecule has 3 aromatic carbocycles. The van der Waals surface area contributed by atoms with Gasteiger partial charge in [0.25, 0.3) is 5.91 Å². The second-order valence-corrected chi connectivity index (χ2v) is 9.66. The van der Waals surface area contributed by atoms with Crippen molar-refractivity contribution in [2.45, 2.75) is 44.8 Å². The molecule has 1 amide bonds. The Kier molecular flexibility index (Phi) is 7.50. The van der Waals surface area contributed by atoms with E-state index in [1.54, 1.807) is 29.2 Å². The van der Waals surface area contributed by atoms with Crippen molar-refractivity contribution >= 4 is 11.7 Å². The lowest BCUT2D eigenvalue weighted by atomic mass is 9.65. The molecule has 1 aliphatic rings. The highest BCUT2D eigenvalue weighted by Crippen LogP contribution is 2.43. The first-order valence-electron chi connectivity index (χ1n) is 12.2. The van der Waals surface area contributed by atoms with Crippen molar-refractivity contribution in [3.63, 3.8) is 0 Å². The van der Waals surface area contributed by atoms with E-state index in [1.165, 1.54) is 5.56 Å². The Balaban J connectivity index is 1.54. The van der Waals surface area contributed by atoms with Gasteiger partial charge in [0.1, 0.15) is 12.4 Å². The highest BCUT2D eigenvalue weighted by atomic mass is 16.5. The van der Waals surface area contributed by atoms with Gasteiger partial charge in [-0.1, -0.05) is 92.7 Å². The third-order valence-corrected chi connectivity index (χ3v) is 7.33. The number of likely N-dealkylation sites (tertiary alicyclic amines) is 1. The van der Waals surface area contributed by atoms with Crippen LogP contribution in [0.15, 0.2) is 97.6 Å². The highest BCUT2D eigenvalue weighted by Gasteiger charge is 2.45. The Bertz CT molecular complexity index is 1170. The van der Waals surface area contributed by atoms with Gasteiger partial charge in [-0.2, -0.15) is 0 Å². The predicted molar refractivity (Wildman–Crippen MR) is 139 cm³/mol. The van der Waals surface area contributed by atoms with Crippen LogP contribution in [0.25, 0.3) is 0 Å². The standard InChI is InChI=1S/C31H33NO3/c1-4-12-27-20-31(3,23(2)21-32(27)30(34)29(33)25-15-9-6-10-16-25)26-17-11-18-28(19-26)35-22-24-13-7-5-8-14-24/h4-11,13-19,23,27H,1,12,20-22H2,2-3H3/t23-,27-,31+/m0/s1. The van der Waals surface area contributed by atoms with Crippen molar-refractivity contribution in [1.82, 2.24) is 4.90 Å². The molecule has 4 nitrogen and oxygen atoms in total. The molecule has 4 rings (SSSR count). The van der Waals surface area contributed by atoms with Crippen LogP contribution in [0.4, 0.5) is 0 Å². The Morgan fingerprint density at radius 2 is 1.71 bits per heavy atom. The summed E-state index contributed by atoms with van der Waals surface area (Å²) in [5.41, 5.74) is 2.57. The van der Waals surface area contributed by atoms with Crippen molar-refractivity contribution in [2.24, 2.45) is 5.92 Å². The molecule has 3 aromatic rings. The molecule has 0 saturated carbocycles. The minimum absolute atomic E-state index is 0.0947. The zero-order valence-corrected chi connectivity index (χ0v) is 20.5. The molecule has 4 heteroatoms. The number of hydrogen-bond acceptors (Lipinski definition) is 3. The average Bonchev–Trinajstić information content (AvgIpc) is 2.90. The van der Waals surface area contributed by atoms with E-state index in [0.717, 1.165) is 17.7 Å². The van der Waals surface area contributed by atoms with Gasteiger partial charge < -0.3 is 9.64 Å². The number of nitrogens with zero attached hydrogens (tertiary/aromatic N) is 1. The smallest absolute Gasteiger partial charge is 0.295 e. The van der Waals surface area contributed by atoms with Crippen molar-refractivity contribution in [2.75, 3.05) is 6.54 Å².